The van der Waals surface area contributed by atoms with Crippen LogP contribution in [0.1, 0.15) is 23.4 Å². The number of fused-ring (bicyclic) bond motifs is 1. The number of anilines is 1. The Morgan fingerprint density at radius 3 is 2.64 bits per heavy atom. The molecule has 114 valence electrons. The van der Waals surface area contributed by atoms with Gasteiger partial charge in [-0.25, -0.2) is 0 Å². The molecule has 6 heteroatoms. The lowest BCUT2D eigenvalue weighted by Gasteiger charge is -2.18. The van der Waals surface area contributed by atoms with E-state index >= 15 is 0 Å². The SMILES string of the molecule is O=C(CCC(=O)c1ccco1)Nc1ccc2c(c1)OCCO2. The standard InChI is InChI=1S/C16H15NO5/c18-12(13-2-1-7-20-13)4-6-16(19)17-11-3-5-14-15(10-11)22-9-8-21-14/h1-3,5,7,10H,4,6,8-9H2,(H,17,19). The first-order chi connectivity index (χ1) is 10.7. The van der Waals surface area contributed by atoms with Gasteiger partial charge in [-0.3, -0.25) is 9.59 Å². The van der Waals surface area contributed by atoms with Crippen LogP contribution in [0.5, 0.6) is 11.5 Å². The van der Waals surface area contributed by atoms with E-state index in [-0.39, 0.29) is 30.3 Å². The summed E-state index contributed by atoms with van der Waals surface area (Å²) in [5, 5.41) is 2.74. The van der Waals surface area contributed by atoms with Crippen LogP contribution in [0.3, 0.4) is 0 Å². The van der Waals surface area contributed by atoms with Gasteiger partial charge in [0, 0.05) is 24.6 Å². The lowest BCUT2D eigenvalue weighted by atomic mass is 10.1. The van der Waals surface area contributed by atoms with Crippen LogP contribution in [0.15, 0.2) is 41.0 Å². The average molecular weight is 301 g/mol. The minimum atomic E-state index is -0.239. The predicted octanol–water partition coefficient (Wildman–Crippen LogP) is 2.65. The van der Waals surface area contributed by atoms with Crippen LogP contribution >= 0.6 is 0 Å². The largest absolute Gasteiger partial charge is 0.486 e. The summed E-state index contributed by atoms with van der Waals surface area (Å²) in [6.45, 7) is 1.01. The molecule has 22 heavy (non-hydrogen) atoms. The molecule has 1 N–H and O–H groups in total. The van der Waals surface area contributed by atoms with Gasteiger partial charge in [0.15, 0.2) is 23.0 Å². The molecule has 0 unspecified atom stereocenters. The molecule has 1 aliphatic rings. The number of amides is 1. The van der Waals surface area contributed by atoms with Gasteiger partial charge in [-0.1, -0.05) is 0 Å². The molecule has 1 aliphatic heterocycles. The van der Waals surface area contributed by atoms with Crippen molar-refractivity contribution in [2.45, 2.75) is 12.8 Å². The third-order valence-corrected chi connectivity index (χ3v) is 3.20. The van der Waals surface area contributed by atoms with E-state index in [4.69, 9.17) is 13.9 Å². The van der Waals surface area contributed by atoms with Crippen LogP contribution in [-0.2, 0) is 4.79 Å². The van der Waals surface area contributed by atoms with Crippen molar-refractivity contribution in [2.75, 3.05) is 18.5 Å². The van der Waals surface area contributed by atoms with Crippen LogP contribution < -0.4 is 14.8 Å². The maximum atomic E-state index is 11.9. The van der Waals surface area contributed by atoms with Crippen molar-refractivity contribution in [3.05, 3.63) is 42.4 Å². The molecule has 0 saturated carbocycles. The Hall–Kier alpha value is -2.76. The number of ether oxygens (including phenoxy) is 2. The van der Waals surface area contributed by atoms with Gasteiger partial charge in [0.1, 0.15) is 13.2 Å². The lowest BCUT2D eigenvalue weighted by molar-refractivity contribution is -0.116. The Morgan fingerprint density at radius 2 is 1.86 bits per heavy atom. The van der Waals surface area contributed by atoms with Crippen molar-refractivity contribution in [1.82, 2.24) is 0 Å². The van der Waals surface area contributed by atoms with Gasteiger partial charge in [-0.2, -0.15) is 0 Å². The second-order valence-electron chi connectivity index (χ2n) is 4.81. The maximum Gasteiger partial charge on any atom is 0.224 e. The van der Waals surface area contributed by atoms with E-state index in [1.807, 2.05) is 0 Å². The Labute approximate surface area is 127 Å². The molecule has 2 aromatic rings. The van der Waals surface area contributed by atoms with Gasteiger partial charge >= 0.3 is 0 Å². The summed E-state index contributed by atoms with van der Waals surface area (Å²) in [6.07, 6.45) is 1.63. The minimum Gasteiger partial charge on any atom is -0.486 e. The number of rotatable bonds is 5. The molecular formula is C16H15NO5. The van der Waals surface area contributed by atoms with Gasteiger partial charge in [0.05, 0.1) is 6.26 Å². The minimum absolute atomic E-state index is 0.0912. The smallest absolute Gasteiger partial charge is 0.224 e. The number of hydrogen-bond donors (Lipinski definition) is 1. The van der Waals surface area contributed by atoms with Crippen molar-refractivity contribution in [3.8, 4) is 11.5 Å². The monoisotopic (exact) mass is 301 g/mol. The van der Waals surface area contributed by atoms with E-state index in [1.165, 1.54) is 6.26 Å². The summed E-state index contributed by atoms with van der Waals surface area (Å²) in [5.41, 5.74) is 0.611. The van der Waals surface area contributed by atoms with Crippen LogP contribution in [0, 0.1) is 0 Å². The number of hydrogen-bond acceptors (Lipinski definition) is 5. The van der Waals surface area contributed by atoms with E-state index in [2.05, 4.69) is 5.32 Å². The Balaban J connectivity index is 1.54. The number of furan rings is 1. The summed E-state index contributed by atoms with van der Waals surface area (Å²) < 4.78 is 15.9. The van der Waals surface area contributed by atoms with Crippen molar-refractivity contribution >= 4 is 17.4 Å². The predicted molar refractivity (Wildman–Crippen MR) is 78.3 cm³/mol. The Kier molecular flexibility index (Phi) is 4.09. The zero-order valence-electron chi connectivity index (χ0n) is 11.8. The first-order valence-corrected chi connectivity index (χ1v) is 6.98. The zero-order chi connectivity index (χ0) is 15.4. The van der Waals surface area contributed by atoms with Crippen molar-refractivity contribution in [2.24, 2.45) is 0 Å². The zero-order valence-corrected chi connectivity index (χ0v) is 11.8. The first kappa shape index (κ1) is 14.2. The second kappa shape index (κ2) is 6.34. The average Bonchev–Trinajstić information content (AvgIpc) is 3.07. The molecule has 0 atom stereocenters. The molecule has 0 aliphatic carbocycles. The molecule has 0 fully saturated rings. The number of Topliss-reactive ketones (excluding diaryl/α,β-unsaturated/α-hetero) is 1. The van der Waals surface area contributed by atoms with Gasteiger partial charge in [-0.15, -0.1) is 0 Å². The van der Waals surface area contributed by atoms with E-state index in [0.717, 1.165) is 0 Å². The Bertz CT molecular complexity index is 678. The molecule has 1 aromatic heterocycles. The summed E-state index contributed by atoms with van der Waals surface area (Å²) in [7, 11) is 0. The summed E-state index contributed by atoms with van der Waals surface area (Å²) in [6, 6.07) is 8.42. The molecule has 1 amide bonds. The third kappa shape index (κ3) is 3.28. The Morgan fingerprint density at radius 1 is 1.05 bits per heavy atom. The summed E-state index contributed by atoms with van der Waals surface area (Å²) in [4.78, 5) is 23.6. The van der Waals surface area contributed by atoms with Gasteiger partial charge in [-0.05, 0) is 24.3 Å². The fourth-order valence-electron chi connectivity index (χ4n) is 2.13. The molecule has 1 aromatic carbocycles. The van der Waals surface area contributed by atoms with Gasteiger partial charge in [0.2, 0.25) is 5.91 Å². The van der Waals surface area contributed by atoms with Crippen molar-refractivity contribution < 1.29 is 23.5 Å². The number of ketones is 1. The highest BCUT2D eigenvalue weighted by molar-refractivity contribution is 5.98. The number of nitrogens with one attached hydrogen (secondary N) is 1. The molecule has 3 rings (SSSR count). The van der Waals surface area contributed by atoms with Crippen molar-refractivity contribution in [3.63, 3.8) is 0 Å². The second-order valence-corrected chi connectivity index (χ2v) is 4.81. The highest BCUT2D eigenvalue weighted by Gasteiger charge is 2.14. The molecule has 0 radical (unpaired) electrons. The van der Waals surface area contributed by atoms with E-state index < -0.39 is 0 Å². The van der Waals surface area contributed by atoms with Gasteiger partial charge < -0.3 is 19.2 Å². The number of carbonyl (C=O) groups is 2. The molecular weight excluding hydrogens is 286 g/mol. The number of carbonyl (C=O) groups excluding carboxylic acids is 2. The highest BCUT2D eigenvalue weighted by atomic mass is 16.6. The maximum absolute atomic E-state index is 11.9. The van der Waals surface area contributed by atoms with E-state index in [1.54, 1.807) is 30.3 Å². The fourth-order valence-corrected chi connectivity index (χ4v) is 2.13. The molecule has 2 heterocycles. The molecule has 0 spiro atoms. The quantitative estimate of drug-likeness (QED) is 0.859. The summed E-state index contributed by atoms with van der Waals surface area (Å²) >= 11 is 0. The van der Waals surface area contributed by atoms with E-state index in [9.17, 15) is 9.59 Å². The van der Waals surface area contributed by atoms with E-state index in [0.29, 0.717) is 30.4 Å². The molecule has 0 bridgehead atoms. The first-order valence-electron chi connectivity index (χ1n) is 6.98. The van der Waals surface area contributed by atoms with Crippen LogP contribution in [0.2, 0.25) is 0 Å². The fraction of sp³-hybridized carbons (Fsp3) is 0.250. The van der Waals surface area contributed by atoms with Gasteiger partial charge in [0.25, 0.3) is 0 Å². The molecule has 6 nitrogen and oxygen atoms in total. The topological polar surface area (TPSA) is 77.8 Å². The highest BCUT2D eigenvalue weighted by Crippen LogP contribution is 2.32. The molecule has 0 saturated heterocycles. The van der Waals surface area contributed by atoms with Crippen LogP contribution in [-0.4, -0.2) is 24.9 Å². The third-order valence-electron chi connectivity index (χ3n) is 3.20. The van der Waals surface area contributed by atoms with Crippen LogP contribution in [0.4, 0.5) is 5.69 Å². The summed E-state index contributed by atoms with van der Waals surface area (Å²) in [5.74, 6) is 1.11. The van der Waals surface area contributed by atoms with Crippen LogP contribution in [0.25, 0.3) is 0 Å². The lowest BCUT2D eigenvalue weighted by Crippen LogP contribution is -2.16. The van der Waals surface area contributed by atoms with Crippen molar-refractivity contribution in [1.29, 1.82) is 0 Å². The number of benzene rings is 1. The normalized spacial score (nSPS) is 12.7.